The van der Waals surface area contributed by atoms with Gasteiger partial charge in [-0.05, 0) is 77.7 Å². The van der Waals surface area contributed by atoms with Gasteiger partial charge in [0.15, 0.2) is 0 Å². The van der Waals surface area contributed by atoms with Crippen LogP contribution in [0, 0.1) is 0 Å². The molecule has 5 rings (SSSR count). The van der Waals surface area contributed by atoms with Crippen LogP contribution in [0.25, 0.3) is 22.0 Å². The number of fused-ring (bicyclic) bond motifs is 3. The molecular formula is C26H23Cl3N2S. The summed E-state index contributed by atoms with van der Waals surface area (Å²) in [6.07, 6.45) is 3.30. The third kappa shape index (κ3) is 4.69. The Morgan fingerprint density at radius 2 is 1.59 bits per heavy atom. The number of hydrogen-bond acceptors (Lipinski definition) is 2. The largest absolute Gasteiger partial charge is 0.357 e. The maximum atomic E-state index is 6.58. The second kappa shape index (κ2) is 9.70. The van der Waals surface area contributed by atoms with Crippen molar-refractivity contribution in [3.8, 4) is 11.1 Å². The molecule has 0 saturated carbocycles. The van der Waals surface area contributed by atoms with E-state index < -0.39 is 0 Å². The lowest BCUT2D eigenvalue weighted by Gasteiger charge is -2.24. The molecule has 32 heavy (non-hydrogen) atoms. The summed E-state index contributed by atoms with van der Waals surface area (Å²) in [7, 11) is 0. The van der Waals surface area contributed by atoms with Crippen LogP contribution < -0.4 is 5.32 Å². The van der Waals surface area contributed by atoms with Crippen molar-refractivity contribution >= 4 is 57.5 Å². The fraction of sp³-hybridized carbons (Fsp3) is 0.231. The summed E-state index contributed by atoms with van der Waals surface area (Å²) < 4.78 is 0. The number of aromatic nitrogens is 1. The van der Waals surface area contributed by atoms with Crippen molar-refractivity contribution in [3.63, 3.8) is 0 Å². The minimum Gasteiger partial charge on any atom is -0.357 e. The highest BCUT2D eigenvalue weighted by molar-refractivity contribution is 7.99. The number of benzene rings is 3. The standard InChI is InChI=1S/C26H23Cl3N2S/c27-17-5-3-16(4-6-17)21-11-12-23(29)26-25(21)22-15-30-19(14-24(22)31-26)2-1-13-32-20-9-7-18(28)8-10-20/h3-12,19,30-31H,1-2,13-15H2. The van der Waals surface area contributed by atoms with Gasteiger partial charge >= 0.3 is 0 Å². The highest BCUT2D eigenvalue weighted by atomic mass is 35.5. The molecule has 1 aromatic heterocycles. The number of halogens is 3. The van der Waals surface area contributed by atoms with Gasteiger partial charge in [-0.15, -0.1) is 11.8 Å². The Hall–Kier alpha value is -1.62. The van der Waals surface area contributed by atoms with E-state index in [1.807, 2.05) is 42.1 Å². The van der Waals surface area contributed by atoms with Crippen LogP contribution in [0.2, 0.25) is 15.1 Å². The average molecular weight is 502 g/mol. The van der Waals surface area contributed by atoms with E-state index >= 15 is 0 Å². The van der Waals surface area contributed by atoms with E-state index in [4.69, 9.17) is 34.8 Å². The first-order valence-corrected chi connectivity index (χ1v) is 12.9. The topological polar surface area (TPSA) is 27.8 Å². The van der Waals surface area contributed by atoms with Crippen molar-refractivity contribution in [3.05, 3.63) is 87.0 Å². The number of aromatic amines is 1. The van der Waals surface area contributed by atoms with E-state index in [-0.39, 0.29) is 0 Å². The lowest BCUT2D eigenvalue weighted by molar-refractivity contribution is 0.447. The third-order valence-electron chi connectivity index (χ3n) is 6.05. The summed E-state index contributed by atoms with van der Waals surface area (Å²) in [6.45, 7) is 0.852. The molecule has 1 atom stereocenters. The second-order valence-corrected chi connectivity index (χ2v) is 10.6. The Morgan fingerprint density at radius 3 is 2.34 bits per heavy atom. The van der Waals surface area contributed by atoms with Crippen LogP contribution in [0.15, 0.2) is 65.6 Å². The molecule has 0 aliphatic carbocycles. The molecule has 0 bridgehead atoms. The van der Waals surface area contributed by atoms with Gasteiger partial charge in [-0.25, -0.2) is 0 Å². The van der Waals surface area contributed by atoms with E-state index in [0.717, 1.165) is 57.7 Å². The number of H-pyrrole nitrogens is 1. The maximum absolute atomic E-state index is 6.58. The van der Waals surface area contributed by atoms with Crippen LogP contribution in [-0.2, 0) is 13.0 Å². The van der Waals surface area contributed by atoms with Gasteiger partial charge in [-0.3, -0.25) is 0 Å². The monoisotopic (exact) mass is 500 g/mol. The van der Waals surface area contributed by atoms with Crippen molar-refractivity contribution in [1.82, 2.24) is 10.3 Å². The smallest absolute Gasteiger partial charge is 0.0655 e. The van der Waals surface area contributed by atoms with Crippen molar-refractivity contribution < 1.29 is 0 Å². The SMILES string of the molecule is Clc1ccc(SCCCC2Cc3[nH]c4c(Cl)ccc(-c5ccc(Cl)cc5)c4c3CN2)cc1. The van der Waals surface area contributed by atoms with Crippen molar-refractivity contribution in [2.75, 3.05) is 5.75 Å². The minimum absolute atomic E-state index is 0.471. The molecule has 1 unspecified atom stereocenters. The predicted octanol–water partition coefficient (Wildman–Crippen LogP) is 8.38. The fourth-order valence-electron chi connectivity index (χ4n) is 4.45. The summed E-state index contributed by atoms with van der Waals surface area (Å²) in [5, 5.41) is 7.27. The van der Waals surface area contributed by atoms with Gasteiger partial charge in [0.05, 0.1) is 10.5 Å². The quantitative estimate of drug-likeness (QED) is 0.205. The zero-order valence-corrected chi connectivity index (χ0v) is 20.5. The van der Waals surface area contributed by atoms with Crippen LogP contribution in [-0.4, -0.2) is 16.8 Å². The maximum Gasteiger partial charge on any atom is 0.0655 e. The molecule has 2 heterocycles. The molecule has 4 aromatic rings. The van der Waals surface area contributed by atoms with E-state index in [2.05, 4.69) is 40.6 Å². The van der Waals surface area contributed by atoms with E-state index in [1.54, 1.807) is 0 Å². The summed E-state index contributed by atoms with van der Waals surface area (Å²) in [5.74, 6) is 1.10. The molecule has 0 amide bonds. The molecule has 0 fully saturated rings. The molecule has 1 aliphatic rings. The zero-order valence-electron chi connectivity index (χ0n) is 17.4. The van der Waals surface area contributed by atoms with E-state index in [0.29, 0.717) is 6.04 Å². The van der Waals surface area contributed by atoms with Gasteiger partial charge in [0.1, 0.15) is 0 Å². The first-order valence-electron chi connectivity index (χ1n) is 10.8. The molecule has 6 heteroatoms. The first-order chi connectivity index (χ1) is 15.6. The molecule has 0 radical (unpaired) electrons. The van der Waals surface area contributed by atoms with Crippen LogP contribution in [0.5, 0.6) is 0 Å². The second-order valence-electron chi connectivity index (χ2n) is 8.16. The van der Waals surface area contributed by atoms with Gasteiger partial charge in [0.25, 0.3) is 0 Å². The van der Waals surface area contributed by atoms with Gasteiger partial charge in [0.2, 0.25) is 0 Å². The molecule has 1 aliphatic heterocycles. The summed E-state index contributed by atoms with van der Waals surface area (Å²) in [4.78, 5) is 4.91. The molecule has 2 N–H and O–H groups in total. The van der Waals surface area contributed by atoms with Crippen LogP contribution in [0.1, 0.15) is 24.1 Å². The fourth-order valence-corrected chi connectivity index (χ4v) is 5.78. The normalized spacial score (nSPS) is 15.8. The van der Waals surface area contributed by atoms with Crippen molar-refractivity contribution in [1.29, 1.82) is 0 Å². The molecule has 3 aromatic carbocycles. The summed E-state index contributed by atoms with van der Waals surface area (Å²) in [5.41, 5.74) is 6.01. The lowest BCUT2D eigenvalue weighted by atomic mass is 9.94. The predicted molar refractivity (Wildman–Crippen MR) is 139 cm³/mol. The van der Waals surface area contributed by atoms with Gasteiger partial charge in [-0.2, -0.15) is 0 Å². The Morgan fingerprint density at radius 1 is 0.875 bits per heavy atom. The highest BCUT2D eigenvalue weighted by Gasteiger charge is 2.24. The summed E-state index contributed by atoms with van der Waals surface area (Å²) >= 11 is 20.5. The number of hydrogen-bond donors (Lipinski definition) is 2. The van der Waals surface area contributed by atoms with E-state index in [9.17, 15) is 0 Å². The van der Waals surface area contributed by atoms with Gasteiger partial charge < -0.3 is 10.3 Å². The third-order valence-corrected chi connectivity index (χ3v) is 7.97. The number of nitrogens with one attached hydrogen (secondary N) is 2. The van der Waals surface area contributed by atoms with E-state index in [1.165, 1.54) is 27.1 Å². The molecule has 2 nitrogen and oxygen atoms in total. The average Bonchev–Trinajstić information content (AvgIpc) is 3.19. The van der Waals surface area contributed by atoms with Crippen LogP contribution in [0.4, 0.5) is 0 Å². The van der Waals surface area contributed by atoms with Crippen LogP contribution >= 0.6 is 46.6 Å². The number of rotatable bonds is 6. The molecular weight excluding hydrogens is 479 g/mol. The minimum atomic E-state index is 0.471. The Bertz CT molecular complexity index is 1230. The van der Waals surface area contributed by atoms with Crippen molar-refractivity contribution in [2.24, 2.45) is 0 Å². The van der Waals surface area contributed by atoms with Gasteiger partial charge in [0, 0.05) is 45.0 Å². The van der Waals surface area contributed by atoms with Gasteiger partial charge in [-0.1, -0.05) is 53.0 Å². The summed E-state index contributed by atoms with van der Waals surface area (Å²) in [6, 6.07) is 20.7. The highest BCUT2D eigenvalue weighted by Crippen LogP contribution is 2.38. The lowest BCUT2D eigenvalue weighted by Crippen LogP contribution is -2.35. The Labute approximate surface area is 207 Å². The Balaban J connectivity index is 1.30. The molecule has 164 valence electrons. The molecule has 0 saturated heterocycles. The Kier molecular flexibility index (Phi) is 6.73. The van der Waals surface area contributed by atoms with Crippen molar-refractivity contribution in [2.45, 2.75) is 36.7 Å². The number of thioether (sulfide) groups is 1. The zero-order chi connectivity index (χ0) is 22.1. The molecule has 0 spiro atoms. The van der Waals surface area contributed by atoms with Crippen LogP contribution in [0.3, 0.4) is 0 Å². The first kappa shape index (κ1) is 22.2.